The number of sulfonamides is 1. The van der Waals surface area contributed by atoms with Crippen LogP contribution in [0.15, 0.2) is 40.2 Å². The van der Waals surface area contributed by atoms with Gasteiger partial charge in [0.1, 0.15) is 5.78 Å². The molecule has 0 unspecified atom stereocenters. The summed E-state index contributed by atoms with van der Waals surface area (Å²) < 4.78 is 27.2. The Hall–Kier alpha value is -2.03. The van der Waals surface area contributed by atoms with Crippen LogP contribution in [0.4, 0.5) is 0 Å². The molecule has 8 heteroatoms. The van der Waals surface area contributed by atoms with E-state index in [1.54, 1.807) is 24.3 Å². The van der Waals surface area contributed by atoms with Gasteiger partial charge in [0.15, 0.2) is 0 Å². The van der Waals surface area contributed by atoms with E-state index >= 15 is 0 Å². The Kier molecular flexibility index (Phi) is 6.46. The highest BCUT2D eigenvalue weighted by Gasteiger charge is 2.26. The molecule has 0 aliphatic carbocycles. The molecule has 2 aromatic rings. The van der Waals surface area contributed by atoms with E-state index in [1.807, 2.05) is 0 Å². The molecule has 0 saturated carbocycles. The van der Waals surface area contributed by atoms with Gasteiger partial charge in [0.25, 0.3) is 5.56 Å². The zero-order valence-corrected chi connectivity index (χ0v) is 15.2. The Morgan fingerprint density at radius 2 is 1.80 bits per heavy atom. The Morgan fingerprint density at radius 1 is 1.08 bits per heavy atom. The first-order valence-corrected chi connectivity index (χ1v) is 9.56. The number of fused-ring (bicyclic) bond motifs is 1. The van der Waals surface area contributed by atoms with Gasteiger partial charge in [-0.2, -0.15) is 4.31 Å². The first kappa shape index (κ1) is 19.3. The molecule has 0 spiro atoms. The summed E-state index contributed by atoms with van der Waals surface area (Å²) in [6.45, 7) is 5.46. The molecule has 136 valence electrons. The number of Topliss-reactive ketones (excluding diaryl/α,β-unsaturated/α-hetero) is 1. The first-order chi connectivity index (χ1) is 11.8. The second-order valence-corrected chi connectivity index (χ2v) is 7.85. The SMILES string of the molecule is CC(C)=O.O=c1[nH]ccc2c(S(=O)(=O)N3CCCNCC3)cccc12. The summed E-state index contributed by atoms with van der Waals surface area (Å²) in [5.74, 6) is 0.167. The maximum Gasteiger partial charge on any atom is 0.255 e. The van der Waals surface area contributed by atoms with Gasteiger partial charge in [0, 0.05) is 36.6 Å². The van der Waals surface area contributed by atoms with Crippen molar-refractivity contribution in [3.8, 4) is 0 Å². The Morgan fingerprint density at radius 3 is 2.52 bits per heavy atom. The van der Waals surface area contributed by atoms with E-state index in [4.69, 9.17) is 0 Å². The molecule has 25 heavy (non-hydrogen) atoms. The van der Waals surface area contributed by atoms with Crippen molar-refractivity contribution in [1.29, 1.82) is 0 Å². The lowest BCUT2D eigenvalue weighted by molar-refractivity contribution is -0.114. The highest BCUT2D eigenvalue weighted by atomic mass is 32.2. The smallest absolute Gasteiger partial charge is 0.255 e. The number of rotatable bonds is 2. The Balaban J connectivity index is 0.000000511. The van der Waals surface area contributed by atoms with Gasteiger partial charge in [-0.3, -0.25) is 4.79 Å². The normalized spacial score (nSPS) is 15.9. The fraction of sp³-hybridized carbons (Fsp3) is 0.412. The predicted molar refractivity (Wildman–Crippen MR) is 97.2 cm³/mol. The summed E-state index contributed by atoms with van der Waals surface area (Å²) in [5.41, 5.74) is -0.276. The minimum Gasteiger partial charge on any atom is -0.329 e. The number of hydrogen-bond acceptors (Lipinski definition) is 5. The molecule has 1 aromatic heterocycles. The number of carbonyl (C=O) groups excluding carboxylic acids is 1. The lowest BCUT2D eigenvalue weighted by Gasteiger charge is -2.20. The number of benzene rings is 1. The van der Waals surface area contributed by atoms with Crippen LogP contribution in [0, 0.1) is 0 Å². The van der Waals surface area contributed by atoms with Crippen LogP contribution in [-0.2, 0) is 14.8 Å². The van der Waals surface area contributed by atoms with Crippen LogP contribution in [0.3, 0.4) is 0 Å². The average molecular weight is 365 g/mol. The summed E-state index contributed by atoms with van der Waals surface area (Å²) in [5, 5.41) is 4.05. The molecule has 1 aromatic carbocycles. The topological polar surface area (TPSA) is 99.3 Å². The van der Waals surface area contributed by atoms with E-state index in [2.05, 4.69) is 10.3 Å². The average Bonchev–Trinajstić information content (AvgIpc) is 2.84. The summed E-state index contributed by atoms with van der Waals surface area (Å²) in [4.78, 5) is 24.0. The van der Waals surface area contributed by atoms with Gasteiger partial charge in [-0.25, -0.2) is 8.42 Å². The van der Waals surface area contributed by atoms with E-state index in [1.165, 1.54) is 24.3 Å². The summed E-state index contributed by atoms with van der Waals surface area (Å²) in [6.07, 6.45) is 2.26. The molecular weight excluding hydrogens is 342 g/mol. The highest BCUT2D eigenvalue weighted by molar-refractivity contribution is 7.89. The second kappa shape index (κ2) is 8.37. The number of H-pyrrole nitrogens is 1. The zero-order chi connectivity index (χ0) is 18.4. The molecule has 2 N–H and O–H groups in total. The van der Waals surface area contributed by atoms with E-state index in [0.29, 0.717) is 30.4 Å². The quantitative estimate of drug-likeness (QED) is 0.830. The molecule has 2 heterocycles. The fourth-order valence-electron chi connectivity index (χ4n) is 2.62. The number of aromatic nitrogens is 1. The van der Waals surface area contributed by atoms with Gasteiger partial charge in [-0.1, -0.05) is 6.07 Å². The summed E-state index contributed by atoms with van der Waals surface area (Å²) in [7, 11) is -3.59. The third-order valence-corrected chi connectivity index (χ3v) is 5.65. The van der Waals surface area contributed by atoms with Crippen LogP contribution in [-0.4, -0.2) is 49.7 Å². The lowest BCUT2D eigenvalue weighted by atomic mass is 10.2. The molecule has 7 nitrogen and oxygen atoms in total. The number of pyridine rings is 1. The van der Waals surface area contributed by atoms with Crippen molar-refractivity contribution in [1.82, 2.24) is 14.6 Å². The van der Waals surface area contributed by atoms with Crippen molar-refractivity contribution in [2.24, 2.45) is 0 Å². The lowest BCUT2D eigenvalue weighted by Crippen LogP contribution is -2.34. The Labute approximate surface area is 147 Å². The molecule has 0 atom stereocenters. The molecule has 1 saturated heterocycles. The third-order valence-electron chi connectivity index (χ3n) is 3.69. The molecule has 3 rings (SSSR count). The number of carbonyl (C=O) groups is 1. The predicted octanol–water partition coefficient (Wildman–Crippen LogP) is 1.11. The fourth-order valence-corrected chi connectivity index (χ4v) is 4.30. The molecule has 0 amide bonds. The van der Waals surface area contributed by atoms with Crippen LogP contribution in [0.2, 0.25) is 0 Å². The summed E-state index contributed by atoms with van der Waals surface area (Å²) in [6, 6.07) is 6.45. The second-order valence-electron chi connectivity index (χ2n) is 5.94. The maximum absolute atomic E-state index is 12.9. The van der Waals surface area contributed by atoms with Crippen molar-refractivity contribution in [2.45, 2.75) is 25.2 Å². The van der Waals surface area contributed by atoms with E-state index in [9.17, 15) is 18.0 Å². The van der Waals surface area contributed by atoms with Gasteiger partial charge >= 0.3 is 0 Å². The summed E-state index contributed by atoms with van der Waals surface area (Å²) >= 11 is 0. The van der Waals surface area contributed by atoms with Crippen molar-refractivity contribution in [2.75, 3.05) is 26.2 Å². The molecule has 0 radical (unpaired) electrons. The molecular formula is C17H23N3O4S. The van der Waals surface area contributed by atoms with Crippen molar-refractivity contribution in [3.63, 3.8) is 0 Å². The first-order valence-electron chi connectivity index (χ1n) is 8.12. The minimum absolute atomic E-state index is 0.167. The molecule has 1 aliphatic rings. The van der Waals surface area contributed by atoms with Crippen LogP contribution >= 0.6 is 0 Å². The monoisotopic (exact) mass is 365 g/mol. The van der Waals surface area contributed by atoms with E-state index < -0.39 is 10.0 Å². The van der Waals surface area contributed by atoms with Crippen LogP contribution in [0.1, 0.15) is 20.3 Å². The van der Waals surface area contributed by atoms with Gasteiger partial charge in [-0.05, 0) is 45.0 Å². The van der Waals surface area contributed by atoms with E-state index in [0.717, 1.165) is 13.0 Å². The van der Waals surface area contributed by atoms with Crippen LogP contribution in [0.25, 0.3) is 10.8 Å². The van der Waals surface area contributed by atoms with E-state index in [-0.39, 0.29) is 16.2 Å². The van der Waals surface area contributed by atoms with Crippen molar-refractivity contribution < 1.29 is 13.2 Å². The Bertz CT molecular complexity index is 893. The van der Waals surface area contributed by atoms with Gasteiger partial charge < -0.3 is 15.1 Å². The van der Waals surface area contributed by atoms with Gasteiger partial charge in [-0.15, -0.1) is 0 Å². The minimum atomic E-state index is -3.59. The van der Waals surface area contributed by atoms with Gasteiger partial charge in [0.05, 0.1) is 4.90 Å². The largest absolute Gasteiger partial charge is 0.329 e. The number of ketones is 1. The van der Waals surface area contributed by atoms with Crippen LogP contribution < -0.4 is 10.9 Å². The highest BCUT2D eigenvalue weighted by Crippen LogP contribution is 2.24. The van der Waals surface area contributed by atoms with Crippen molar-refractivity contribution >= 4 is 26.6 Å². The van der Waals surface area contributed by atoms with Crippen LogP contribution in [0.5, 0.6) is 0 Å². The molecule has 1 aliphatic heterocycles. The third kappa shape index (κ3) is 4.75. The van der Waals surface area contributed by atoms with Crippen molar-refractivity contribution in [3.05, 3.63) is 40.8 Å². The van der Waals surface area contributed by atoms with Gasteiger partial charge in [0.2, 0.25) is 10.0 Å². The number of nitrogens with zero attached hydrogens (tertiary/aromatic N) is 1. The standard InChI is InChI=1S/C14H17N3O3S.C3H6O/c18-14-12-3-1-4-13(11(12)5-7-16-14)21(19,20)17-9-2-6-15-8-10-17;1-3(2)4/h1,3-5,7,15H,2,6,8-10H2,(H,16,18);1-2H3. The number of hydrogen-bond donors (Lipinski definition) is 2. The number of nitrogens with one attached hydrogen (secondary N) is 2. The molecule has 0 bridgehead atoms. The molecule has 1 fully saturated rings. The maximum atomic E-state index is 12.9. The number of aromatic amines is 1. The zero-order valence-electron chi connectivity index (χ0n) is 14.4.